The summed E-state index contributed by atoms with van der Waals surface area (Å²) in [5.41, 5.74) is 2.02. The second-order valence-electron chi connectivity index (χ2n) is 6.61. The van der Waals surface area contributed by atoms with Crippen molar-refractivity contribution in [3.63, 3.8) is 0 Å². The van der Waals surface area contributed by atoms with Gasteiger partial charge in [-0.2, -0.15) is 5.26 Å². The number of benzene rings is 2. The molecule has 0 aliphatic rings. The van der Waals surface area contributed by atoms with E-state index in [1.54, 1.807) is 42.5 Å². The van der Waals surface area contributed by atoms with Crippen LogP contribution in [0.15, 0.2) is 46.8 Å². The molecule has 0 bridgehead atoms. The van der Waals surface area contributed by atoms with Gasteiger partial charge in [-0.15, -0.1) is 11.3 Å². The van der Waals surface area contributed by atoms with Gasteiger partial charge in [0.15, 0.2) is 0 Å². The van der Waals surface area contributed by atoms with Gasteiger partial charge in [-0.3, -0.25) is 0 Å². The van der Waals surface area contributed by atoms with Crippen molar-refractivity contribution in [1.29, 1.82) is 5.26 Å². The number of rotatable bonds is 5. The Bertz CT molecular complexity index is 1180. The summed E-state index contributed by atoms with van der Waals surface area (Å²) in [6.07, 6.45) is 0. The third kappa shape index (κ3) is 4.65. The van der Waals surface area contributed by atoms with E-state index in [0.29, 0.717) is 27.2 Å². The van der Waals surface area contributed by atoms with Crippen LogP contribution in [0.3, 0.4) is 0 Å². The number of nitrogens with zero attached hydrogens (tertiary/aromatic N) is 2. The minimum atomic E-state index is -3.42. The molecule has 1 heterocycles. The first-order chi connectivity index (χ1) is 13.3. The molecule has 0 spiro atoms. The van der Waals surface area contributed by atoms with Crippen LogP contribution in [0.4, 0.5) is 16.2 Å². The number of nitrogens with one attached hydrogen (secondary N) is 2. The van der Waals surface area contributed by atoms with Crippen molar-refractivity contribution in [2.45, 2.75) is 18.2 Å². The van der Waals surface area contributed by atoms with Crippen molar-refractivity contribution in [2.24, 2.45) is 5.92 Å². The van der Waals surface area contributed by atoms with E-state index in [9.17, 15) is 13.2 Å². The fraction of sp³-hybridized carbons (Fsp3) is 0.211. The maximum Gasteiger partial charge on any atom is 0.323 e. The summed E-state index contributed by atoms with van der Waals surface area (Å²) in [4.78, 5) is 16.4. The number of aromatic nitrogens is 1. The Morgan fingerprint density at radius 3 is 2.57 bits per heavy atom. The zero-order valence-corrected chi connectivity index (χ0v) is 16.9. The molecule has 7 nitrogen and oxygen atoms in total. The standard InChI is InChI=1S/C19H18N4O3S2/c1-12(2)11-28(25,26)19-23-16-7-6-15(9-17(16)27-19)22-18(24)21-14-5-3-4-13(8-14)10-20/h3-9,12H,11H2,1-2H3,(H2,21,22,24). The van der Waals surface area contributed by atoms with Gasteiger partial charge in [0.1, 0.15) is 0 Å². The van der Waals surface area contributed by atoms with Crippen molar-refractivity contribution >= 4 is 48.8 Å². The molecule has 9 heteroatoms. The predicted octanol–water partition coefficient (Wildman–Crippen LogP) is 4.24. The first-order valence-corrected chi connectivity index (χ1v) is 11.0. The van der Waals surface area contributed by atoms with Crippen molar-refractivity contribution in [3.8, 4) is 6.07 Å². The van der Waals surface area contributed by atoms with Crippen molar-refractivity contribution < 1.29 is 13.2 Å². The van der Waals surface area contributed by atoms with Gasteiger partial charge in [0.25, 0.3) is 0 Å². The Morgan fingerprint density at radius 1 is 1.18 bits per heavy atom. The number of amides is 2. The van der Waals surface area contributed by atoms with Crippen LogP contribution in [0.5, 0.6) is 0 Å². The molecule has 2 aromatic carbocycles. The smallest absolute Gasteiger partial charge is 0.308 e. The lowest BCUT2D eigenvalue weighted by molar-refractivity contribution is 0.262. The van der Waals surface area contributed by atoms with Gasteiger partial charge < -0.3 is 10.6 Å². The molecule has 1 aromatic heterocycles. The van der Waals surface area contributed by atoms with Crippen LogP contribution in [0.25, 0.3) is 10.2 Å². The Labute approximate surface area is 166 Å². The number of hydrogen-bond acceptors (Lipinski definition) is 6. The topological polar surface area (TPSA) is 112 Å². The lowest BCUT2D eigenvalue weighted by Crippen LogP contribution is -2.19. The third-order valence-electron chi connectivity index (χ3n) is 3.70. The van der Waals surface area contributed by atoms with E-state index in [2.05, 4.69) is 15.6 Å². The molecular weight excluding hydrogens is 396 g/mol. The number of thiazole rings is 1. The van der Waals surface area contributed by atoms with Crippen molar-refractivity contribution in [2.75, 3.05) is 16.4 Å². The number of anilines is 2. The van der Waals surface area contributed by atoms with Crippen LogP contribution in [-0.4, -0.2) is 25.2 Å². The minimum absolute atomic E-state index is 0.0115. The zero-order chi connectivity index (χ0) is 20.3. The second-order valence-corrected chi connectivity index (χ2v) is 9.85. The predicted molar refractivity (Wildman–Crippen MR) is 110 cm³/mol. The highest BCUT2D eigenvalue weighted by molar-refractivity contribution is 7.93. The van der Waals surface area contributed by atoms with E-state index in [1.165, 1.54) is 0 Å². The number of urea groups is 1. The number of sulfone groups is 1. The number of fused-ring (bicyclic) bond motifs is 1. The maximum absolute atomic E-state index is 12.4. The highest BCUT2D eigenvalue weighted by Crippen LogP contribution is 2.29. The molecule has 0 radical (unpaired) electrons. The van der Waals surface area contributed by atoms with Crippen LogP contribution in [-0.2, 0) is 9.84 Å². The van der Waals surface area contributed by atoms with Crippen LogP contribution in [0.2, 0.25) is 0 Å². The monoisotopic (exact) mass is 414 g/mol. The Kier molecular flexibility index (Phi) is 5.63. The summed E-state index contributed by atoms with van der Waals surface area (Å²) < 4.78 is 25.5. The maximum atomic E-state index is 12.4. The Hall–Kier alpha value is -2.96. The average molecular weight is 415 g/mol. The van der Waals surface area contributed by atoms with Crippen molar-refractivity contribution in [1.82, 2.24) is 4.98 Å². The third-order valence-corrected chi connectivity index (χ3v) is 7.25. The largest absolute Gasteiger partial charge is 0.323 e. The lowest BCUT2D eigenvalue weighted by atomic mass is 10.2. The summed E-state index contributed by atoms with van der Waals surface area (Å²) in [6, 6.07) is 13.1. The van der Waals surface area contributed by atoms with Crippen LogP contribution >= 0.6 is 11.3 Å². The van der Waals surface area contributed by atoms with E-state index in [0.717, 1.165) is 11.3 Å². The summed E-state index contributed by atoms with van der Waals surface area (Å²) in [6.45, 7) is 3.69. The Morgan fingerprint density at radius 2 is 1.89 bits per heavy atom. The molecule has 0 atom stereocenters. The first-order valence-electron chi connectivity index (χ1n) is 8.48. The van der Waals surface area contributed by atoms with Gasteiger partial charge in [-0.05, 0) is 42.3 Å². The SMILES string of the molecule is CC(C)CS(=O)(=O)c1nc2ccc(NC(=O)Nc3cccc(C#N)c3)cc2s1. The summed E-state index contributed by atoms with van der Waals surface area (Å²) in [5.74, 6) is 0.0553. The molecule has 28 heavy (non-hydrogen) atoms. The lowest BCUT2D eigenvalue weighted by Gasteiger charge is -2.07. The molecule has 3 aromatic rings. The van der Waals surface area contributed by atoms with Crippen molar-refractivity contribution in [3.05, 3.63) is 48.0 Å². The number of carbonyl (C=O) groups is 1. The molecule has 144 valence electrons. The quantitative estimate of drug-likeness (QED) is 0.648. The molecule has 0 unspecified atom stereocenters. The molecule has 0 aliphatic carbocycles. The first kappa shape index (κ1) is 19.8. The molecule has 0 saturated heterocycles. The second kappa shape index (κ2) is 7.96. The number of hydrogen-bond donors (Lipinski definition) is 2. The summed E-state index contributed by atoms with van der Waals surface area (Å²) in [5, 5.41) is 14.3. The molecule has 0 saturated carbocycles. The summed E-state index contributed by atoms with van der Waals surface area (Å²) >= 11 is 1.09. The minimum Gasteiger partial charge on any atom is -0.308 e. The normalized spacial score (nSPS) is 11.4. The van der Waals surface area contributed by atoms with E-state index < -0.39 is 15.9 Å². The number of carbonyl (C=O) groups excluding carboxylic acids is 1. The van der Waals surface area contributed by atoms with Gasteiger partial charge in [0, 0.05) is 11.4 Å². The molecule has 3 rings (SSSR count). The van der Waals surface area contributed by atoms with Gasteiger partial charge in [-0.25, -0.2) is 18.2 Å². The average Bonchev–Trinajstić information content (AvgIpc) is 3.05. The van der Waals surface area contributed by atoms with Crippen LogP contribution < -0.4 is 10.6 Å². The molecule has 0 fully saturated rings. The number of nitriles is 1. The van der Waals surface area contributed by atoms with E-state index in [4.69, 9.17) is 5.26 Å². The van der Waals surface area contributed by atoms with Crippen LogP contribution in [0.1, 0.15) is 19.4 Å². The van der Waals surface area contributed by atoms with E-state index in [1.807, 2.05) is 19.9 Å². The van der Waals surface area contributed by atoms with Crippen LogP contribution in [0, 0.1) is 17.2 Å². The highest BCUT2D eigenvalue weighted by atomic mass is 32.2. The van der Waals surface area contributed by atoms with E-state index >= 15 is 0 Å². The molecule has 0 aliphatic heterocycles. The van der Waals surface area contributed by atoms with Gasteiger partial charge >= 0.3 is 6.03 Å². The zero-order valence-electron chi connectivity index (χ0n) is 15.3. The molecular formula is C19H18N4O3S2. The molecule has 2 amide bonds. The fourth-order valence-electron chi connectivity index (χ4n) is 2.58. The fourth-order valence-corrected chi connectivity index (χ4v) is 5.56. The van der Waals surface area contributed by atoms with E-state index in [-0.39, 0.29) is 16.0 Å². The van der Waals surface area contributed by atoms with Gasteiger partial charge in [0.2, 0.25) is 14.2 Å². The molecule has 2 N–H and O–H groups in total. The highest BCUT2D eigenvalue weighted by Gasteiger charge is 2.21. The summed E-state index contributed by atoms with van der Waals surface area (Å²) in [7, 11) is -3.42. The van der Waals surface area contributed by atoms with Gasteiger partial charge in [0.05, 0.1) is 27.6 Å². The van der Waals surface area contributed by atoms with Gasteiger partial charge in [-0.1, -0.05) is 19.9 Å². The Balaban J connectivity index is 1.77.